The number of nitrogens with zero attached hydrogens (tertiary/aromatic N) is 2. The van der Waals surface area contributed by atoms with Gasteiger partial charge in [-0.3, -0.25) is 4.99 Å². The Labute approximate surface area is 174 Å². The number of methoxy groups -OCH3 is 1. The van der Waals surface area contributed by atoms with E-state index in [2.05, 4.69) is 25.3 Å². The van der Waals surface area contributed by atoms with Crippen LogP contribution in [0.3, 0.4) is 0 Å². The average molecular weight is 492 g/mol. The maximum atomic E-state index is 12.5. The van der Waals surface area contributed by atoms with Crippen LogP contribution in [-0.4, -0.2) is 31.7 Å². The molecule has 9 heteroatoms. The lowest BCUT2D eigenvalue weighted by molar-refractivity contribution is -0.0504. The van der Waals surface area contributed by atoms with Gasteiger partial charge in [-0.2, -0.15) is 8.78 Å². The fourth-order valence-corrected chi connectivity index (χ4v) is 2.28. The molecular formula is C18H23F2IN4O2. The molecule has 27 heavy (non-hydrogen) atoms. The molecule has 1 aromatic carbocycles. The monoisotopic (exact) mass is 492 g/mol. The second-order valence-corrected chi connectivity index (χ2v) is 5.48. The number of ether oxygens (including phenoxy) is 2. The van der Waals surface area contributed by atoms with E-state index in [4.69, 9.17) is 4.74 Å². The van der Waals surface area contributed by atoms with E-state index in [-0.39, 0.29) is 29.7 Å². The summed E-state index contributed by atoms with van der Waals surface area (Å²) >= 11 is 0. The molecule has 0 aliphatic carbocycles. The zero-order valence-corrected chi connectivity index (χ0v) is 17.7. The number of aromatic nitrogens is 1. The highest BCUT2D eigenvalue weighted by atomic mass is 127. The van der Waals surface area contributed by atoms with Gasteiger partial charge in [0.25, 0.3) is 0 Å². The van der Waals surface area contributed by atoms with Gasteiger partial charge in [0.15, 0.2) is 5.96 Å². The van der Waals surface area contributed by atoms with Crippen LogP contribution in [0.25, 0.3) is 0 Å². The first-order chi connectivity index (χ1) is 12.5. The van der Waals surface area contributed by atoms with E-state index in [1.165, 1.54) is 6.07 Å². The molecule has 148 valence electrons. The second-order valence-electron chi connectivity index (χ2n) is 5.48. The van der Waals surface area contributed by atoms with Gasteiger partial charge in [-0.25, -0.2) is 4.98 Å². The van der Waals surface area contributed by atoms with Crippen molar-refractivity contribution < 1.29 is 18.3 Å². The minimum absolute atomic E-state index is 0. The molecule has 1 aromatic heterocycles. The molecule has 0 saturated carbocycles. The average Bonchev–Trinajstić information content (AvgIpc) is 2.64. The Kier molecular flexibility index (Phi) is 9.76. The summed E-state index contributed by atoms with van der Waals surface area (Å²) in [6, 6.07) is 8.73. The highest BCUT2D eigenvalue weighted by Crippen LogP contribution is 2.21. The number of hydrogen-bond acceptors (Lipinski definition) is 4. The Hall–Kier alpha value is -2.17. The van der Waals surface area contributed by atoms with Crippen LogP contribution in [0.5, 0.6) is 11.6 Å². The summed E-state index contributed by atoms with van der Waals surface area (Å²) in [5.74, 6) is 1.22. The third-order valence-corrected chi connectivity index (χ3v) is 3.57. The first-order valence-electron chi connectivity index (χ1n) is 7.99. The van der Waals surface area contributed by atoms with Crippen molar-refractivity contribution in [2.24, 2.45) is 4.99 Å². The Morgan fingerprint density at radius 3 is 2.52 bits per heavy atom. The molecule has 6 nitrogen and oxygen atoms in total. The SMILES string of the molecule is CN=C(NCc1ccc(OC)nc1)NCc1cc(C)ccc1OC(F)F.I. The van der Waals surface area contributed by atoms with Crippen molar-refractivity contribution >= 4 is 29.9 Å². The normalized spacial score (nSPS) is 11.0. The Bertz CT molecular complexity index is 743. The molecule has 0 aliphatic heterocycles. The van der Waals surface area contributed by atoms with Gasteiger partial charge in [0.2, 0.25) is 5.88 Å². The fourth-order valence-electron chi connectivity index (χ4n) is 2.28. The van der Waals surface area contributed by atoms with Crippen molar-refractivity contribution in [2.45, 2.75) is 26.6 Å². The Morgan fingerprint density at radius 2 is 1.93 bits per heavy atom. The maximum absolute atomic E-state index is 12.5. The highest BCUT2D eigenvalue weighted by Gasteiger charge is 2.10. The third-order valence-electron chi connectivity index (χ3n) is 3.57. The lowest BCUT2D eigenvalue weighted by atomic mass is 10.1. The zero-order chi connectivity index (χ0) is 18.9. The van der Waals surface area contributed by atoms with Crippen LogP contribution in [0, 0.1) is 6.92 Å². The molecule has 0 fully saturated rings. The first kappa shape index (κ1) is 22.9. The number of aryl methyl sites for hydroxylation is 1. The number of rotatable bonds is 7. The number of nitrogens with one attached hydrogen (secondary N) is 2. The molecular weight excluding hydrogens is 469 g/mol. The standard InChI is InChI=1S/C18H22F2N4O2.HI/c1-12-4-6-15(26-17(19)20)14(8-12)11-24-18(21-2)23-10-13-5-7-16(25-3)22-9-13;/h4-9,17H,10-11H2,1-3H3,(H2,21,23,24);1H. The zero-order valence-electron chi connectivity index (χ0n) is 15.3. The summed E-state index contributed by atoms with van der Waals surface area (Å²) in [5.41, 5.74) is 2.53. The van der Waals surface area contributed by atoms with E-state index in [1.54, 1.807) is 38.6 Å². The minimum Gasteiger partial charge on any atom is -0.481 e. The van der Waals surface area contributed by atoms with E-state index >= 15 is 0 Å². The van der Waals surface area contributed by atoms with E-state index < -0.39 is 6.61 Å². The van der Waals surface area contributed by atoms with Crippen LogP contribution in [-0.2, 0) is 13.1 Å². The van der Waals surface area contributed by atoms with Crippen LogP contribution in [0.2, 0.25) is 0 Å². The second kappa shape index (κ2) is 11.5. The summed E-state index contributed by atoms with van der Waals surface area (Å²) in [6.07, 6.45) is 1.70. The summed E-state index contributed by atoms with van der Waals surface area (Å²) in [4.78, 5) is 8.26. The number of hydrogen-bond donors (Lipinski definition) is 2. The fraction of sp³-hybridized carbons (Fsp3) is 0.333. The number of guanidine groups is 1. The van der Waals surface area contributed by atoms with Crippen molar-refractivity contribution in [3.63, 3.8) is 0 Å². The first-order valence-corrected chi connectivity index (χ1v) is 7.99. The molecule has 0 atom stereocenters. The lowest BCUT2D eigenvalue weighted by Crippen LogP contribution is -2.36. The van der Waals surface area contributed by atoms with Gasteiger partial charge in [0.05, 0.1) is 7.11 Å². The molecule has 1 heterocycles. The number of benzene rings is 1. The molecule has 2 aromatic rings. The number of halogens is 3. The quantitative estimate of drug-likeness (QED) is 0.352. The van der Waals surface area contributed by atoms with Crippen molar-refractivity contribution in [2.75, 3.05) is 14.2 Å². The molecule has 0 spiro atoms. The van der Waals surface area contributed by atoms with Gasteiger partial charge >= 0.3 is 6.61 Å². The van der Waals surface area contributed by atoms with Crippen molar-refractivity contribution in [3.05, 3.63) is 53.2 Å². The summed E-state index contributed by atoms with van der Waals surface area (Å²) in [5, 5.41) is 6.23. The topological polar surface area (TPSA) is 67.8 Å². The molecule has 0 bridgehead atoms. The molecule has 0 saturated heterocycles. The highest BCUT2D eigenvalue weighted by molar-refractivity contribution is 14.0. The molecule has 0 unspecified atom stereocenters. The molecule has 2 N–H and O–H groups in total. The van der Waals surface area contributed by atoms with Crippen LogP contribution in [0.4, 0.5) is 8.78 Å². The number of pyridine rings is 1. The van der Waals surface area contributed by atoms with Crippen LogP contribution >= 0.6 is 24.0 Å². The summed E-state index contributed by atoms with van der Waals surface area (Å²) < 4.78 is 34.7. The van der Waals surface area contributed by atoms with E-state index in [0.29, 0.717) is 30.5 Å². The number of aliphatic imine (C=N–C) groups is 1. The number of alkyl halides is 2. The molecule has 0 aliphatic rings. The summed E-state index contributed by atoms with van der Waals surface area (Å²) in [7, 11) is 3.19. The van der Waals surface area contributed by atoms with Crippen LogP contribution in [0.15, 0.2) is 41.5 Å². The van der Waals surface area contributed by atoms with E-state index in [9.17, 15) is 8.78 Å². The van der Waals surface area contributed by atoms with Gasteiger partial charge in [0.1, 0.15) is 5.75 Å². The predicted octanol–water partition coefficient (Wildman–Crippen LogP) is 3.48. The summed E-state index contributed by atoms with van der Waals surface area (Å²) in [6.45, 7) is -0.175. The smallest absolute Gasteiger partial charge is 0.387 e. The van der Waals surface area contributed by atoms with E-state index in [0.717, 1.165) is 11.1 Å². The predicted molar refractivity (Wildman–Crippen MR) is 111 cm³/mol. The molecule has 2 rings (SSSR count). The molecule has 0 amide bonds. The van der Waals surface area contributed by atoms with Crippen molar-refractivity contribution in [3.8, 4) is 11.6 Å². The molecule has 0 radical (unpaired) electrons. The third kappa shape index (κ3) is 7.53. The van der Waals surface area contributed by atoms with Gasteiger partial charge in [-0.1, -0.05) is 23.8 Å². The van der Waals surface area contributed by atoms with Gasteiger partial charge in [0, 0.05) is 38.0 Å². The van der Waals surface area contributed by atoms with Crippen LogP contribution in [0.1, 0.15) is 16.7 Å². The van der Waals surface area contributed by atoms with E-state index in [1.807, 2.05) is 13.0 Å². The maximum Gasteiger partial charge on any atom is 0.387 e. The van der Waals surface area contributed by atoms with Crippen LogP contribution < -0.4 is 20.1 Å². The lowest BCUT2D eigenvalue weighted by Gasteiger charge is -2.15. The largest absolute Gasteiger partial charge is 0.481 e. The van der Waals surface area contributed by atoms with Gasteiger partial charge in [-0.05, 0) is 18.6 Å². The Morgan fingerprint density at radius 1 is 1.19 bits per heavy atom. The van der Waals surface area contributed by atoms with Gasteiger partial charge < -0.3 is 20.1 Å². The Balaban J connectivity index is 0.00000364. The van der Waals surface area contributed by atoms with Gasteiger partial charge in [-0.15, -0.1) is 24.0 Å². The van der Waals surface area contributed by atoms with Crippen molar-refractivity contribution in [1.29, 1.82) is 0 Å². The van der Waals surface area contributed by atoms with Crippen molar-refractivity contribution in [1.82, 2.24) is 15.6 Å². The minimum atomic E-state index is -2.86.